The van der Waals surface area contributed by atoms with Crippen molar-refractivity contribution in [1.82, 2.24) is 4.90 Å². The van der Waals surface area contributed by atoms with Crippen LogP contribution in [-0.4, -0.2) is 37.6 Å². The van der Waals surface area contributed by atoms with Crippen LogP contribution < -0.4 is 4.90 Å². The van der Waals surface area contributed by atoms with Crippen LogP contribution in [0.25, 0.3) is 0 Å². The number of anilines is 1. The van der Waals surface area contributed by atoms with Gasteiger partial charge in [-0.3, -0.25) is 0 Å². The van der Waals surface area contributed by atoms with Crippen molar-refractivity contribution >= 4 is 5.69 Å². The van der Waals surface area contributed by atoms with Gasteiger partial charge < -0.3 is 9.80 Å². The highest BCUT2D eigenvalue weighted by Gasteiger charge is 2.18. The van der Waals surface area contributed by atoms with Crippen LogP contribution in [0.1, 0.15) is 32.3 Å². The fraction of sp³-hybridized carbons (Fsp3) is 0.625. The minimum atomic E-state index is 1.18. The summed E-state index contributed by atoms with van der Waals surface area (Å²) in [4.78, 5) is 5.15. The minimum absolute atomic E-state index is 1.18. The first-order chi connectivity index (χ1) is 8.85. The molecule has 2 nitrogen and oxygen atoms in total. The molecule has 0 atom stereocenters. The van der Waals surface area contributed by atoms with Crippen molar-refractivity contribution in [2.45, 2.75) is 33.1 Å². The van der Waals surface area contributed by atoms with Crippen molar-refractivity contribution in [3.63, 3.8) is 0 Å². The molecule has 100 valence electrons. The molecule has 0 saturated carbocycles. The molecule has 0 N–H and O–H groups in total. The van der Waals surface area contributed by atoms with E-state index < -0.39 is 0 Å². The lowest BCUT2D eigenvalue weighted by Crippen LogP contribution is -2.35. The van der Waals surface area contributed by atoms with Gasteiger partial charge in [0.2, 0.25) is 0 Å². The molecule has 2 rings (SSSR count). The van der Waals surface area contributed by atoms with Crippen LogP contribution >= 0.6 is 0 Å². The van der Waals surface area contributed by atoms with Gasteiger partial charge in [-0.25, -0.2) is 0 Å². The summed E-state index contributed by atoms with van der Waals surface area (Å²) >= 11 is 0. The molecular formula is C16H26N2. The molecular weight excluding hydrogens is 220 g/mol. The Balaban J connectivity index is 1.87. The molecule has 0 spiro atoms. The summed E-state index contributed by atoms with van der Waals surface area (Å²) in [6.45, 7) is 10.6. The number of nitrogens with zero attached hydrogens (tertiary/aromatic N) is 2. The van der Waals surface area contributed by atoms with Crippen molar-refractivity contribution in [3.05, 3.63) is 29.8 Å². The zero-order valence-electron chi connectivity index (χ0n) is 11.9. The average Bonchev–Trinajstić information content (AvgIpc) is 2.80. The van der Waals surface area contributed by atoms with E-state index in [-0.39, 0.29) is 0 Å². The summed E-state index contributed by atoms with van der Waals surface area (Å²) in [7, 11) is 0. The molecule has 1 aromatic carbocycles. The predicted molar refractivity (Wildman–Crippen MR) is 79.4 cm³/mol. The highest BCUT2D eigenvalue weighted by Crippen LogP contribution is 2.26. The average molecular weight is 246 g/mol. The van der Waals surface area contributed by atoms with E-state index >= 15 is 0 Å². The largest absolute Gasteiger partial charge is 0.370 e. The monoisotopic (exact) mass is 246 g/mol. The molecule has 0 fully saturated rings. The lowest BCUT2D eigenvalue weighted by Gasteiger charge is -2.26. The molecule has 2 heteroatoms. The van der Waals surface area contributed by atoms with Gasteiger partial charge in [0.05, 0.1) is 0 Å². The minimum Gasteiger partial charge on any atom is -0.370 e. The van der Waals surface area contributed by atoms with Gasteiger partial charge in [0, 0.05) is 25.3 Å². The lowest BCUT2D eigenvalue weighted by atomic mass is 10.2. The van der Waals surface area contributed by atoms with Crippen LogP contribution in [0.5, 0.6) is 0 Å². The molecule has 1 aliphatic rings. The summed E-state index contributed by atoms with van der Waals surface area (Å²) in [5.41, 5.74) is 2.99. The van der Waals surface area contributed by atoms with Crippen LogP contribution in [-0.2, 0) is 6.42 Å². The van der Waals surface area contributed by atoms with E-state index in [1.807, 2.05) is 0 Å². The molecule has 0 aromatic heterocycles. The first-order valence-electron chi connectivity index (χ1n) is 7.40. The number of fused-ring (bicyclic) bond motifs is 1. The first kappa shape index (κ1) is 13.4. The molecule has 1 aliphatic heterocycles. The quantitative estimate of drug-likeness (QED) is 0.729. The SMILES string of the molecule is CCCN(CCC)CCN1CCc2ccccc21. The van der Waals surface area contributed by atoms with Crippen LogP contribution in [0.2, 0.25) is 0 Å². The summed E-state index contributed by atoms with van der Waals surface area (Å²) < 4.78 is 0. The van der Waals surface area contributed by atoms with E-state index in [1.54, 1.807) is 0 Å². The van der Waals surface area contributed by atoms with E-state index in [2.05, 4.69) is 47.9 Å². The van der Waals surface area contributed by atoms with E-state index in [0.29, 0.717) is 0 Å². The second-order valence-corrected chi connectivity index (χ2v) is 5.21. The number of rotatable bonds is 7. The Bertz CT molecular complexity index is 356. The van der Waals surface area contributed by atoms with Gasteiger partial charge in [0.15, 0.2) is 0 Å². The molecule has 0 unspecified atom stereocenters. The summed E-state index contributed by atoms with van der Waals surface area (Å²) in [5, 5.41) is 0. The van der Waals surface area contributed by atoms with E-state index in [1.165, 1.54) is 63.2 Å². The van der Waals surface area contributed by atoms with Gasteiger partial charge in [-0.2, -0.15) is 0 Å². The van der Waals surface area contributed by atoms with Crippen molar-refractivity contribution < 1.29 is 0 Å². The van der Waals surface area contributed by atoms with E-state index in [0.717, 1.165) is 0 Å². The zero-order chi connectivity index (χ0) is 12.8. The Hall–Kier alpha value is -1.02. The summed E-state index contributed by atoms with van der Waals surface area (Å²) in [6.07, 6.45) is 3.74. The highest BCUT2D eigenvalue weighted by atomic mass is 15.2. The van der Waals surface area contributed by atoms with Gasteiger partial charge in [-0.15, -0.1) is 0 Å². The number of hydrogen-bond acceptors (Lipinski definition) is 2. The molecule has 0 radical (unpaired) electrons. The normalized spacial score (nSPS) is 14.3. The lowest BCUT2D eigenvalue weighted by molar-refractivity contribution is 0.280. The van der Waals surface area contributed by atoms with Crippen LogP contribution in [0.4, 0.5) is 5.69 Å². The van der Waals surface area contributed by atoms with Crippen LogP contribution in [0, 0.1) is 0 Å². The Morgan fingerprint density at radius 2 is 1.78 bits per heavy atom. The standard InChI is InChI=1S/C16H26N2/c1-3-10-17(11-4-2)13-14-18-12-9-15-7-5-6-8-16(15)18/h5-8H,3-4,9-14H2,1-2H3. The fourth-order valence-electron chi connectivity index (χ4n) is 2.87. The summed E-state index contributed by atoms with van der Waals surface area (Å²) in [5.74, 6) is 0. The maximum absolute atomic E-state index is 2.60. The van der Waals surface area contributed by atoms with Gasteiger partial charge >= 0.3 is 0 Å². The fourth-order valence-corrected chi connectivity index (χ4v) is 2.87. The zero-order valence-corrected chi connectivity index (χ0v) is 11.9. The second-order valence-electron chi connectivity index (χ2n) is 5.21. The van der Waals surface area contributed by atoms with E-state index in [9.17, 15) is 0 Å². The molecule has 1 heterocycles. The third-order valence-electron chi connectivity index (χ3n) is 3.75. The Kier molecular flexibility index (Phi) is 5.06. The third-order valence-corrected chi connectivity index (χ3v) is 3.75. The number of para-hydroxylation sites is 1. The van der Waals surface area contributed by atoms with Gasteiger partial charge in [0.25, 0.3) is 0 Å². The van der Waals surface area contributed by atoms with Gasteiger partial charge in [-0.1, -0.05) is 32.0 Å². The molecule has 18 heavy (non-hydrogen) atoms. The van der Waals surface area contributed by atoms with Gasteiger partial charge in [-0.05, 0) is 44.0 Å². The topological polar surface area (TPSA) is 6.48 Å². The first-order valence-corrected chi connectivity index (χ1v) is 7.40. The highest BCUT2D eigenvalue weighted by molar-refractivity contribution is 5.57. The van der Waals surface area contributed by atoms with Crippen molar-refractivity contribution in [2.75, 3.05) is 37.6 Å². The Labute approximate surface area is 112 Å². The van der Waals surface area contributed by atoms with Crippen LogP contribution in [0.3, 0.4) is 0 Å². The number of benzene rings is 1. The van der Waals surface area contributed by atoms with Crippen LogP contribution in [0.15, 0.2) is 24.3 Å². The molecule has 0 amide bonds. The molecule has 1 aromatic rings. The maximum atomic E-state index is 2.60. The smallest absolute Gasteiger partial charge is 0.0399 e. The molecule has 0 bridgehead atoms. The predicted octanol–water partition coefficient (Wildman–Crippen LogP) is 3.17. The summed E-state index contributed by atoms with van der Waals surface area (Å²) in [6, 6.07) is 8.85. The maximum Gasteiger partial charge on any atom is 0.0399 e. The van der Waals surface area contributed by atoms with Crippen molar-refractivity contribution in [3.8, 4) is 0 Å². The van der Waals surface area contributed by atoms with Gasteiger partial charge in [0.1, 0.15) is 0 Å². The Morgan fingerprint density at radius 3 is 2.50 bits per heavy atom. The van der Waals surface area contributed by atoms with Crippen molar-refractivity contribution in [2.24, 2.45) is 0 Å². The molecule has 0 saturated heterocycles. The Morgan fingerprint density at radius 1 is 1.06 bits per heavy atom. The number of hydrogen-bond donors (Lipinski definition) is 0. The van der Waals surface area contributed by atoms with E-state index in [4.69, 9.17) is 0 Å². The van der Waals surface area contributed by atoms with Crippen molar-refractivity contribution in [1.29, 1.82) is 0 Å². The second kappa shape index (κ2) is 6.79. The third kappa shape index (κ3) is 3.26. The molecule has 0 aliphatic carbocycles.